The Kier molecular flexibility index (Phi) is 8.05. The summed E-state index contributed by atoms with van der Waals surface area (Å²) in [6.45, 7) is 0. The minimum Gasteiger partial charge on any atom is -0.468 e. The molecule has 0 aliphatic heterocycles. The van der Waals surface area contributed by atoms with Crippen LogP contribution in [0.2, 0.25) is 0 Å². The summed E-state index contributed by atoms with van der Waals surface area (Å²) in [7, 11) is 1.71. The van der Waals surface area contributed by atoms with E-state index in [0.717, 1.165) is 33.4 Å². The molecule has 0 amide bonds. The van der Waals surface area contributed by atoms with Crippen molar-refractivity contribution in [3.05, 3.63) is 126 Å². The van der Waals surface area contributed by atoms with Crippen LogP contribution in [0.1, 0.15) is 11.1 Å². The molecule has 0 spiro atoms. The van der Waals surface area contributed by atoms with Crippen molar-refractivity contribution in [2.45, 2.75) is 0 Å². The second-order valence-electron chi connectivity index (χ2n) is 6.90. The van der Waals surface area contributed by atoms with Crippen LogP contribution in [-0.4, -0.2) is 18.7 Å². The summed E-state index contributed by atoms with van der Waals surface area (Å²) in [5.41, 5.74) is 6.07. The summed E-state index contributed by atoms with van der Waals surface area (Å²) >= 11 is 0. The third-order valence-corrected chi connectivity index (χ3v) is 4.90. The number of hydrogen-bond donors (Lipinski definition) is 1. The van der Waals surface area contributed by atoms with Gasteiger partial charge in [-0.25, -0.2) is 0 Å². The molecular formula is C27H22N3Y-. The van der Waals surface area contributed by atoms with E-state index in [1.54, 1.807) is 7.05 Å². The molecule has 0 saturated heterocycles. The van der Waals surface area contributed by atoms with Gasteiger partial charge in [0.05, 0.1) is 0 Å². The van der Waals surface area contributed by atoms with E-state index in [2.05, 4.69) is 46.7 Å². The first-order valence-corrected chi connectivity index (χ1v) is 9.83. The van der Waals surface area contributed by atoms with Gasteiger partial charge in [0.2, 0.25) is 0 Å². The third kappa shape index (κ3) is 5.63. The molecule has 0 aliphatic carbocycles. The van der Waals surface area contributed by atoms with Crippen LogP contribution in [0.5, 0.6) is 0 Å². The van der Waals surface area contributed by atoms with Crippen LogP contribution in [0, 0.1) is 5.41 Å². The molecule has 0 atom stereocenters. The zero-order valence-corrected chi connectivity index (χ0v) is 20.2. The Bertz CT molecular complexity index is 1190. The molecule has 31 heavy (non-hydrogen) atoms. The standard InChI is InChI=1S/C27H22N3.Y/c1-29-27(25-17-9-15-23(19-25)21-12-6-3-7-13-21)30-26(28)24-16-8-14-22(18-24)20-10-4-2-5-11-20;/h2-19H,1H3,(H-,28,29,30);/q-1;. The van der Waals surface area contributed by atoms with Crippen LogP contribution >= 0.6 is 0 Å². The first kappa shape index (κ1) is 22.8. The van der Waals surface area contributed by atoms with Crippen molar-refractivity contribution in [1.82, 2.24) is 0 Å². The molecule has 0 aliphatic rings. The maximum atomic E-state index is 8.54. The van der Waals surface area contributed by atoms with Crippen LogP contribution < -0.4 is 0 Å². The molecule has 0 saturated carbocycles. The molecule has 149 valence electrons. The molecule has 0 heterocycles. The van der Waals surface area contributed by atoms with Crippen molar-refractivity contribution in [3.8, 4) is 22.3 Å². The van der Waals surface area contributed by atoms with Gasteiger partial charge in [-0.1, -0.05) is 110 Å². The van der Waals surface area contributed by atoms with Gasteiger partial charge in [-0.05, 0) is 45.5 Å². The maximum absolute atomic E-state index is 8.54. The van der Waals surface area contributed by atoms with Crippen LogP contribution in [0.4, 0.5) is 0 Å². The molecule has 0 aromatic heterocycles. The van der Waals surface area contributed by atoms with Gasteiger partial charge >= 0.3 is 0 Å². The number of amidine groups is 2. The minimum atomic E-state index is 0. The second kappa shape index (κ2) is 10.9. The molecule has 0 bridgehead atoms. The smallest absolute Gasteiger partial charge is 0.0492 e. The molecule has 3 nitrogen and oxygen atoms in total. The quantitative estimate of drug-likeness (QED) is 0.249. The summed E-state index contributed by atoms with van der Waals surface area (Å²) in [5.74, 6) is 0.737. The van der Waals surface area contributed by atoms with E-state index >= 15 is 0 Å². The minimum absolute atomic E-state index is 0. The summed E-state index contributed by atoms with van der Waals surface area (Å²) < 4.78 is 0. The maximum Gasteiger partial charge on any atom is 0.0492 e. The fraction of sp³-hybridized carbons (Fsp3) is 0.0370. The fourth-order valence-corrected chi connectivity index (χ4v) is 3.36. The van der Waals surface area contributed by atoms with Crippen LogP contribution in [0.15, 0.2) is 114 Å². The van der Waals surface area contributed by atoms with Crippen LogP contribution in [0.25, 0.3) is 27.6 Å². The van der Waals surface area contributed by atoms with E-state index in [4.69, 9.17) is 5.41 Å². The third-order valence-electron chi connectivity index (χ3n) is 4.90. The number of hydrogen-bond acceptors (Lipinski definition) is 1. The summed E-state index contributed by atoms with van der Waals surface area (Å²) in [5, 5.41) is 12.9. The van der Waals surface area contributed by atoms with Gasteiger partial charge < -0.3 is 15.7 Å². The second-order valence-corrected chi connectivity index (χ2v) is 6.90. The molecule has 1 radical (unpaired) electrons. The summed E-state index contributed by atoms with van der Waals surface area (Å²) in [6.07, 6.45) is 0. The van der Waals surface area contributed by atoms with E-state index < -0.39 is 0 Å². The van der Waals surface area contributed by atoms with Crippen molar-refractivity contribution in [1.29, 1.82) is 5.41 Å². The van der Waals surface area contributed by atoms with Crippen molar-refractivity contribution < 1.29 is 32.7 Å². The monoisotopic (exact) mass is 477 g/mol. The molecule has 4 heteroatoms. The van der Waals surface area contributed by atoms with Crippen molar-refractivity contribution in [3.63, 3.8) is 0 Å². The van der Waals surface area contributed by atoms with E-state index in [1.807, 2.05) is 72.8 Å². The Labute approximate surface area is 208 Å². The largest absolute Gasteiger partial charge is 0.468 e. The van der Waals surface area contributed by atoms with Crippen molar-refractivity contribution in [2.24, 2.45) is 4.99 Å². The number of nitrogens with zero attached hydrogens (tertiary/aromatic N) is 2. The SMILES string of the molecule is C[N-]C(=NC(=N)c1cccc(-c2ccccc2)c1)c1cccc(-c2ccccc2)c1.[Y]. The Morgan fingerprint density at radius 1 is 0.613 bits per heavy atom. The number of aliphatic imine (C=N–C) groups is 1. The topological polar surface area (TPSA) is 50.3 Å². The van der Waals surface area contributed by atoms with E-state index in [-0.39, 0.29) is 38.5 Å². The van der Waals surface area contributed by atoms with E-state index in [0.29, 0.717) is 5.84 Å². The first-order valence-electron chi connectivity index (χ1n) is 9.83. The van der Waals surface area contributed by atoms with Gasteiger partial charge in [-0.2, -0.15) is 0 Å². The predicted molar refractivity (Wildman–Crippen MR) is 126 cm³/mol. The number of benzene rings is 4. The Balaban J connectivity index is 0.00000272. The molecule has 4 aromatic carbocycles. The first-order chi connectivity index (χ1) is 14.7. The zero-order valence-electron chi connectivity index (χ0n) is 17.4. The molecule has 1 N–H and O–H groups in total. The molecule has 4 aromatic rings. The average molecular weight is 477 g/mol. The Hall–Kier alpha value is -2.88. The molecular weight excluding hydrogens is 455 g/mol. The predicted octanol–water partition coefficient (Wildman–Crippen LogP) is 6.79. The summed E-state index contributed by atoms with van der Waals surface area (Å²) in [4.78, 5) is 4.54. The van der Waals surface area contributed by atoms with Gasteiger partial charge in [0.1, 0.15) is 0 Å². The van der Waals surface area contributed by atoms with Crippen LogP contribution in [-0.2, 0) is 32.7 Å². The van der Waals surface area contributed by atoms with E-state index in [1.165, 1.54) is 0 Å². The van der Waals surface area contributed by atoms with Gasteiger partial charge in [0.15, 0.2) is 0 Å². The van der Waals surface area contributed by atoms with Crippen molar-refractivity contribution in [2.75, 3.05) is 7.05 Å². The van der Waals surface area contributed by atoms with E-state index in [9.17, 15) is 0 Å². The van der Waals surface area contributed by atoms with Gasteiger partial charge in [0, 0.05) is 38.5 Å². The fourth-order valence-electron chi connectivity index (χ4n) is 3.36. The van der Waals surface area contributed by atoms with Gasteiger partial charge in [0.25, 0.3) is 0 Å². The van der Waals surface area contributed by atoms with Crippen molar-refractivity contribution >= 4 is 11.7 Å². The Morgan fingerprint density at radius 2 is 1.06 bits per heavy atom. The molecule has 0 unspecified atom stereocenters. The zero-order chi connectivity index (χ0) is 20.8. The normalized spacial score (nSPS) is 10.8. The van der Waals surface area contributed by atoms with Gasteiger partial charge in [-0.3, -0.25) is 0 Å². The molecule has 0 fully saturated rings. The molecule has 4 rings (SSSR count). The number of nitrogens with one attached hydrogen (secondary N) is 1. The Morgan fingerprint density at radius 3 is 1.58 bits per heavy atom. The van der Waals surface area contributed by atoms with Gasteiger partial charge in [-0.15, -0.1) is 0 Å². The average Bonchev–Trinajstić information content (AvgIpc) is 2.83. The number of rotatable bonds is 4. The summed E-state index contributed by atoms with van der Waals surface area (Å²) in [6, 6.07) is 36.4. The van der Waals surface area contributed by atoms with Crippen LogP contribution in [0.3, 0.4) is 0 Å².